The summed E-state index contributed by atoms with van der Waals surface area (Å²) in [6, 6.07) is 12.6. The van der Waals surface area contributed by atoms with Crippen molar-refractivity contribution in [1.82, 2.24) is 19.7 Å². The van der Waals surface area contributed by atoms with Crippen LogP contribution < -0.4 is 0 Å². The summed E-state index contributed by atoms with van der Waals surface area (Å²) in [5.74, 6) is 0.938. The molecular weight excluding hydrogens is 330 g/mol. The Morgan fingerprint density at radius 2 is 1.85 bits per heavy atom. The lowest BCUT2D eigenvalue weighted by atomic mass is 10.0. The second-order valence-electron chi connectivity index (χ2n) is 5.63. The van der Waals surface area contributed by atoms with Crippen molar-refractivity contribution in [1.29, 1.82) is 5.26 Å². The van der Waals surface area contributed by atoms with E-state index in [2.05, 4.69) is 21.1 Å². The van der Waals surface area contributed by atoms with Crippen LogP contribution in [0.3, 0.4) is 0 Å². The van der Waals surface area contributed by atoms with Gasteiger partial charge in [-0.05, 0) is 36.8 Å². The van der Waals surface area contributed by atoms with Crippen molar-refractivity contribution in [2.75, 3.05) is 0 Å². The molecule has 3 aromatic heterocycles. The van der Waals surface area contributed by atoms with Gasteiger partial charge in [0, 0.05) is 6.20 Å². The van der Waals surface area contributed by atoms with Crippen molar-refractivity contribution in [2.45, 2.75) is 6.92 Å². The molecule has 0 aliphatic rings. The summed E-state index contributed by atoms with van der Waals surface area (Å²) in [6.07, 6.45) is 4.67. The number of nitriles is 1. The van der Waals surface area contributed by atoms with Crippen LogP contribution in [0.1, 0.15) is 11.3 Å². The quantitative estimate of drug-likeness (QED) is 0.611. The van der Waals surface area contributed by atoms with Crippen LogP contribution in [0.2, 0.25) is 0 Å². The van der Waals surface area contributed by atoms with Crippen LogP contribution in [0.5, 0.6) is 5.88 Å². The Morgan fingerprint density at radius 1 is 1.08 bits per heavy atom. The van der Waals surface area contributed by atoms with E-state index < -0.39 is 0 Å². The summed E-state index contributed by atoms with van der Waals surface area (Å²) in [7, 11) is 0. The Kier molecular flexibility index (Phi) is 3.71. The number of nitrogens with zero attached hydrogens (tertiary/aromatic N) is 5. The minimum Gasteiger partial charge on any atom is -0.493 e. The van der Waals surface area contributed by atoms with Gasteiger partial charge in [-0.15, -0.1) is 0 Å². The molecule has 0 bridgehead atoms. The molecule has 0 atom stereocenters. The molecule has 4 aromatic rings. The third-order valence-electron chi connectivity index (χ3n) is 3.98. The average Bonchev–Trinajstić information content (AvgIpc) is 3.31. The Morgan fingerprint density at radius 3 is 2.46 bits per heavy atom. The molecule has 0 saturated heterocycles. The summed E-state index contributed by atoms with van der Waals surface area (Å²) in [5, 5.41) is 24.0. The maximum absolute atomic E-state index is 10.7. The number of benzene rings is 1. The van der Waals surface area contributed by atoms with Gasteiger partial charge in [0.25, 0.3) is 0 Å². The highest BCUT2D eigenvalue weighted by atomic mass is 16.3. The highest BCUT2D eigenvalue weighted by Gasteiger charge is 2.18. The van der Waals surface area contributed by atoms with Crippen molar-refractivity contribution in [3.8, 4) is 40.3 Å². The van der Waals surface area contributed by atoms with Crippen LogP contribution >= 0.6 is 0 Å². The van der Waals surface area contributed by atoms with E-state index in [1.165, 1.54) is 10.9 Å². The van der Waals surface area contributed by atoms with Crippen LogP contribution in [0.15, 0.2) is 59.5 Å². The lowest BCUT2D eigenvalue weighted by molar-refractivity contribution is 0.433. The van der Waals surface area contributed by atoms with Gasteiger partial charge in [-0.25, -0.2) is 9.97 Å². The van der Waals surface area contributed by atoms with Gasteiger partial charge < -0.3 is 9.52 Å². The summed E-state index contributed by atoms with van der Waals surface area (Å²) in [5.41, 5.74) is 3.33. The number of oxazole rings is 1. The number of hydrogen-bond donors (Lipinski definition) is 1. The fraction of sp³-hybridized carbons (Fsp3) is 0.0526. The van der Waals surface area contributed by atoms with Gasteiger partial charge in [-0.2, -0.15) is 15.0 Å². The lowest BCUT2D eigenvalue weighted by Crippen LogP contribution is -1.99. The van der Waals surface area contributed by atoms with E-state index in [9.17, 15) is 5.11 Å². The van der Waals surface area contributed by atoms with Gasteiger partial charge in [-0.3, -0.25) is 0 Å². The maximum Gasteiger partial charge on any atom is 0.227 e. The topological polar surface area (TPSA) is 101 Å². The Hall–Kier alpha value is -3.92. The van der Waals surface area contributed by atoms with Crippen molar-refractivity contribution < 1.29 is 9.52 Å². The highest BCUT2D eigenvalue weighted by Crippen LogP contribution is 2.34. The fourth-order valence-electron chi connectivity index (χ4n) is 2.73. The predicted octanol–water partition coefficient (Wildman–Crippen LogP) is 3.48. The molecule has 0 radical (unpaired) electrons. The first-order valence-electron chi connectivity index (χ1n) is 7.83. The van der Waals surface area contributed by atoms with E-state index in [1.807, 2.05) is 6.92 Å². The zero-order valence-corrected chi connectivity index (χ0v) is 13.8. The predicted molar refractivity (Wildman–Crippen MR) is 93.4 cm³/mol. The Bertz CT molecular complexity index is 1090. The van der Waals surface area contributed by atoms with E-state index in [4.69, 9.17) is 9.68 Å². The number of hydrogen-bond acceptors (Lipinski definition) is 6. The number of rotatable bonds is 3. The second-order valence-corrected chi connectivity index (χ2v) is 5.63. The van der Waals surface area contributed by atoms with E-state index in [0.29, 0.717) is 28.5 Å². The van der Waals surface area contributed by atoms with E-state index >= 15 is 0 Å². The van der Waals surface area contributed by atoms with Gasteiger partial charge in [0.2, 0.25) is 11.8 Å². The van der Waals surface area contributed by atoms with Gasteiger partial charge in [0.15, 0.2) is 5.82 Å². The molecular formula is C19H13N5O2. The number of pyridine rings is 1. The lowest BCUT2D eigenvalue weighted by Gasteiger charge is -2.04. The van der Waals surface area contributed by atoms with Crippen molar-refractivity contribution in [3.05, 3.63) is 66.3 Å². The molecule has 1 aromatic carbocycles. The maximum atomic E-state index is 10.7. The molecule has 0 amide bonds. The van der Waals surface area contributed by atoms with Crippen LogP contribution in [-0.4, -0.2) is 24.9 Å². The van der Waals surface area contributed by atoms with Crippen molar-refractivity contribution in [3.63, 3.8) is 0 Å². The molecule has 26 heavy (non-hydrogen) atoms. The first kappa shape index (κ1) is 15.6. The molecule has 7 nitrogen and oxygen atoms in total. The number of aryl methyl sites for hydroxylation is 1. The van der Waals surface area contributed by atoms with E-state index in [0.717, 1.165) is 11.1 Å². The highest BCUT2D eigenvalue weighted by molar-refractivity contribution is 5.72. The molecule has 4 rings (SSSR count). The molecule has 0 aliphatic carbocycles. The van der Waals surface area contributed by atoms with Gasteiger partial charge >= 0.3 is 0 Å². The fourth-order valence-corrected chi connectivity index (χ4v) is 2.73. The van der Waals surface area contributed by atoms with Crippen LogP contribution in [0.25, 0.3) is 28.4 Å². The first-order chi connectivity index (χ1) is 12.7. The van der Waals surface area contributed by atoms with Gasteiger partial charge in [-0.1, -0.05) is 12.1 Å². The number of aromatic hydroxyl groups is 1. The van der Waals surface area contributed by atoms with Crippen molar-refractivity contribution >= 4 is 0 Å². The minimum atomic E-state index is -0.0106. The molecule has 3 heterocycles. The molecule has 7 heteroatoms. The summed E-state index contributed by atoms with van der Waals surface area (Å²) < 4.78 is 6.62. The molecule has 1 N–H and O–H groups in total. The molecule has 0 aliphatic heterocycles. The molecule has 126 valence electrons. The Labute approximate surface area is 148 Å². The average molecular weight is 343 g/mol. The van der Waals surface area contributed by atoms with Crippen LogP contribution in [0.4, 0.5) is 0 Å². The third kappa shape index (κ3) is 2.59. The van der Waals surface area contributed by atoms with Gasteiger partial charge in [0.05, 0.1) is 34.7 Å². The van der Waals surface area contributed by atoms with Crippen LogP contribution in [-0.2, 0) is 0 Å². The monoisotopic (exact) mass is 343 g/mol. The number of aromatic nitrogens is 4. The normalized spacial score (nSPS) is 10.6. The smallest absolute Gasteiger partial charge is 0.227 e. The molecule has 0 fully saturated rings. The third-order valence-corrected chi connectivity index (χ3v) is 3.98. The first-order valence-corrected chi connectivity index (χ1v) is 7.83. The minimum absolute atomic E-state index is 0.0106. The summed E-state index contributed by atoms with van der Waals surface area (Å²) in [4.78, 5) is 8.42. The SMILES string of the molecule is Cc1nn(-c2ccc(-c3ncco3)cn2)c(O)c1-c1ccc(C#N)cc1. The van der Waals surface area contributed by atoms with Crippen LogP contribution in [0, 0.1) is 18.3 Å². The molecule has 0 unspecified atom stereocenters. The largest absolute Gasteiger partial charge is 0.493 e. The van der Waals surface area contributed by atoms with Gasteiger partial charge in [0.1, 0.15) is 6.26 Å². The molecule has 0 saturated carbocycles. The second kappa shape index (κ2) is 6.18. The molecule has 0 spiro atoms. The van der Waals surface area contributed by atoms with Crippen molar-refractivity contribution in [2.24, 2.45) is 0 Å². The zero-order valence-electron chi connectivity index (χ0n) is 13.8. The van der Waals surface area contributed by atoms with E-state index in [1.54, 1.807) is 48.8 Å². The standard InChI is InChI=1S/C19H13N5O2/c1-12-17(14-4-2-13(10-20)3-5-14)19(25)24(23-12)16-7-6-15(11-22-16)18-21-8-9-26-18/h2-9,11,25H,1H3. The zero-order chi connectivity index (χ0) is 18.1. The summed E-state index contributed by atoms with van der Waals surface area (Å²) in [6.45, 7) is 1.81. The summed E-state index contributed by atoms with van der Waals surface area (Å²) >= 11 is 0. The Balaban J connectivity index is 1.73. The van der Waals surface area contributed by atoms with E-state index in [-0.39, 0.29) is 5.88 Å².